The Balaban J connectivity index is 1.94. The van der Waals surface area contributed by atoms with E-state index in [1.807, 2.05) is 6.92 Å². The maximum absolute atomic E-state index is 13.2. The predicted molar refractivity (Wildman–Crippen MR) is 70.6 cm³/mol. The average Bonchev–Trinajstić information content (AvgIpc) is 2.22. The maximum atomic E-state index is 13.2. The monoisotopic (exact) mass is 302 g/mol. The summed E-state index contributed by atoms with van der Waals surface area (Å²) in [6.07, 6.45) is 2.30. The lowest BCUT2D eigenvalue weighted by molar-refractivity contribution is 0.00300. The van der Waals surface area contributed by atoms with E-state index in [0.717, 1.165) is 25.1 Å². The van der Waals surface area contributed by atoms with Crippen molar-refractivity contribution < 1.29 is 9.13 Å². The van der Waals surface area contributed by atoms with Crippen LogP contribution in [0.5, 0.6) is 0 Å². The number of anilines is 2. The first-order valence-corrected chi connectivity index (χ1v) is 6.52. The molecule has 0 unspecified atom stereocenters. The molecule has 17 heavy (non-hydrogen) atoms. The predicted octanol–water partition coefficient (Wildman–Crippen LogP) is 3.15. The topological polar surface area (TPSA) is 47.3 Å². The van der Waals surface area contributed by atoms with Crippen LogP contribution >= 0.6 is 15.9 Å². The number of nitrogens with one attached hydrogen (secondary N) is 1. The molecule has 3 nitrogen and oxygen atoms in total. The number of hydrogen-bond acceptors (Lipinski definition) is 3. The molecule has 0 heterocycles. The molecule has 0 aliphatic heterocycles. The highest BCUT2D eigenvalue weighted by molar-refractivity contribution is 9.10. The number of nitrogens with two attached hydrogens (primary N) is 1. The van der Waals surface area contributed by atoms with Gasteiger partial charge in [0.15, 0.2) is 0 Å². The Kier molecular flexibility index (Phi) is 3.89. The molecule has 0 aromatic heterocycles. The van der Waals surface area contributed by atoms with Crippen LogP contribution in [0.2, 0.25) is 0 Å². The van der Waals surface area contributed by atoms with E-state index in [1.54, 1.807) is 6.07 Å². The second kappa shape index (κ2) is 5.23. The molecule has 1 fully saturated rings. The standard InChI is InChI=1S/C12H16BrFN2O/c1-2-17-8-3-7(4-8)16-12-5-9(13)10(14)6-11(12)15/h5-8,16H,2-4,15H2,1H3. The Morgan fingerprint density at radius 2 is 2.24 bits per heavy atom. The second-order valence-corrected chi connectivity index (χ2v) is 5.10. The largest absolute Gasteiger partial charge is 0.397 e. The van der Waals surface area contributed by atoms with Gasteiger partial charge in [0.2, 0.25) is 0 Å². The summed E-state index contributed by atoms with van der Waals surface area (Å²) in [6, 6.07) is 3.37. The Labute approximate surface area is 109 Å². The fourth-order valence-corrected chi connectivity index (χ4v) is 2.31. The molecule has 3 N–H and O–H groups in total. The number of halogens is 2. The van der Waals surface area contributed by atoms with Crippen LogP contribution in [-0.4, -0.2) is 18.8 Å². The van der Waals surface area contributed by atoms with Gasteiger partial charge in [-0.05, 0) is 41.8 Å². The average molecular weight is 303 g/mol. The van der Waals surface area contributed by atoms with Gasteiger partial charge in [-0.15, -0.1) is 0 Å². The minimum absolute atomic E-state index is 0.339. The summed E-state index contributed by atoms with van der Waals surface area (Å²) in [7, 11) is 0. The molecule has 1 aromatic carbocycles. The highest BCUT2D eigenvalue weighted by atomic mass is 79.9. The van der Waals surface area contributed by atoms with Gasteiger partial charge in [0.1, 0.15) is 5.82 Å². The molecule has 1 aromatic rings. The van der Waals surface area contributed by atoms with Crippen LogP contribution in [0.25, 0.3) is 0 Å². The second-order valence-electron chi connectivity index (χ2n) is 4.24. The minimum Gasteiger partial charge on any atom is -0.397 e. The number of benzene rings is 1. The summed E-state index contributed by atoms with van der Waals surface area (Å²) in [4.78, 5) is 0. The first-order chi connectivity index (χ1) is 8.10. The lowest BCUT2D eigenvalue weighted by Crippen LogP contribution is -2.40. The Morgan fingerprint density at radius 3 is 2.88 bits per heavy atom. The molecule has 2 rings (SSSR count). The zero-order valence-corrected chi connectivity index (χ0v) is 11.3. The SMILES string of the molecule is CCOC1CC(Nc2cc(Br)c(F)cc2N)C1. The highest BCUT2D eigenvalue weighted by Crippen LogP contribution is 2.31. The van der Waals surface area contributed by atoms with Gasteiger partial charge in [-0.3, -0.25) is 0 Å². The van der Waals surface area contributed by atoms with Gasteiger partial charge in [-0.1, -0.05) is 0 Å². The summed E-state index contributed by atoms with van der Waals surface area (Å²) < 4.78 is 19.1. The van der Waals surface area contributed by atoms with Gasteiger partial charge < -0.3 is 15.8 Å². The van der Waals surface area contributed by atoms with E-state index in [2.05, 4.69) is 21.2 Å². The van der Waals surface area contributed by atoms with E-state index in [4.69, 9.17) is 10.5 Å². The van der Waals surface area contributed by atoms with Crippen molar-refractivity contribution in [1.82, 2.24) is 0 Å². The van der Waals surface area contributed by atoms with E-state index in [1.165, 1.54) is 6.07 Å². The zero-order chi connectivity index (χ0) is 12.4. The third kappa shape index (κ3) is 2.90. The van der Waals surface area contributed by atoms with Crippen molar-refractivity contribution >= 4 is 27.3 Å². The van der Waals surface area contributed by atoms with Crippen molar-refractivity contribution in [1.29, 1.82) is 0 Å². The molecule has 0 amide bonds. The van der Waals surface area contributed by atoms with E-state index in [0.29, 0.717) is 22.3 Å². The number of ether oxygens (including phenoxy) is 1. The molecule has 1 saturated carbocycles. The van der Waals surface area contributed by atoms with Gasteiger partial charge in [-0.2, -0.15) is 0 Å². The number of rotatable bonds is 4. The van der Waals surface area contributed by atoms with Gasteiger partial charge in [0, 0.05) is 18.7 Å². The molecule has 0 bridgehead atoms. The van der Waals surface area contributed by atoms with Crippen molar-refractivity contribution in [2.75, 3.05) is 17.7 Å². The third-order valence-electron chi connectivity index (χ3n) is 2.95. The molecule has 1 aliphatic rings. The third-order valence-corrected chi connectivity index (χ3v) is 3.56. The zero-order valence-electron chi connectivity index (χ0n) is 9.67. The van der Waals surface area contributed by atoms with Crippen LogP contribution in [0.15, 0.2) is 16.6 Å². The normalized spacial score (nSPS) is 23.2. The molecule has 94 valence electrons. The molecular weight excluding hydrogens is 287 g/mol. The number of hydrogen-bond donors (Lipinski definition) is 2. The summed E-state index contributed by atoms with van der Waals surface area (Å²) in [5.74, 6) is -0.339. The van der Waals surface area contributed by atoms with Crippen LogP contribution in [0.4, 0.5) is 15.8 Å². The molecular formula is C12H16BrFN2O. The quantitative estimate of drug-likeness (QED) is 0.840. The van der Waals surface area contributed by atoms with Gasteiger partial charge in [0.25, 0.3) is 0 Å². The van der Waals surface area contributed by atoms with Crippen LogP contribution in [-0.2, 0) is 4.74 Å². The molecule has 1 aliphatic carbocycles. The Bertz CT molecular complexity index is 408. The maximum Gasteiger partial charge on any atom is 0.139 e. The molecule has 0 atom stereocenters. The fourth-order valence-electron chi connectivity index (χ4n) is 1.96. The van der Waals surface area contributed by atoms with Gasteiger partial charge >= 0.3 is 0 Å². The number of nitrogen functional groups attached to an aromatic ring is 1. The van der Waals surface area contributed by atoms with Crippen molar-refractivity contribution in [3.63, 3.8) is 0 Å². The smallest absolute Gasteiger partial charge is 0.139 e. The molecule has 5 heteroatoms. The fraction of sp³-hybridized carbons (Fsp3) is 0.500. The van der Waals surface area contributed by atoms with Crippen molar-refractivity contribution in [2.45, 2.75) is 31.9 Å². The Morgan fingerprint density at radius 1 is 1.53 bits per heavy atom. The van der Waals surface area contributed by atoms with Crippen LogP contribution in [0.3, 0.4) is 0 Å². The summed E-state index contributed by atoms with van der Waals surface area (Å²) in [5, 5.41) is 3.30. The van der Waals surface area contributed by atoms with Gasteiger partial charge in [-0.25, -0.2) is 4.39 Å². The first kappa shape index (κ1) is 12.6. The molecule has 0 saturated heterocycles. The highest BCUT2D eigenvalue weighted by Gasteiger charge is 2.29. The summed E-state index contributed by atoms with van der Waals surface area (Å²) in [5.41, 5.74) is 6.97. The van der Waals surface area contributed by atoms with Crippen LogP contribution < -0.4 is 11.1 Å². The van der Waals surface area contributed by atoms with E-state index >= 15 is 0 Å². The van der Waals surface area contributed by atoms with Crippen molar-refractivity contribution in [3.05, 3.63) is 22.4 Å². The Hall–Kier alpha value is -0.810. The molecule has 0 spiro atoms. The lowest BCUT2D eigenvalue weighted by atomic mass is 9.89. The summed E-state index contributed by atoms with van der Waals surface area (Å²) in [6.45, 7) is 2.75. The van der Waals surface area contributed by atoms with Gasteiger partial charge in [0.05, 0.1) is 22.0 Å². The van der Waals surface area contributed by atoms with E-state index in [9.17, 15) is 4.39 Å². The van der Waals surface area contributed by atoms with Crippen LogP contribution in [0, 0.1) is 5.82 Å². The van der Waals surface area contributed by atoms with Crippen molar-refractivity contribution in [3.8, 4) is 0 Å². The molecule has 0 radical (unpaired) electrons. The lowest BCUT2D eigenvalue weighted by Gasteiger charge is -2.36. The summed E-state index contributed by atoms with van der Waals surface area (Å²) >= 11 is 3.15. The van der Waals surface area contributed by atoms with E-state index < -0.39 is 0 Å². The van der Waals surface area contributed by atoms with Crippen molar-refractivity contribution in [2.24, 2.45) is 0 Å². The first-order valence-electron chi connectivity index (χ1n) is 5.72. The van der Waals surface area contributed by atoms with E-state index in [-0.39, 0.29) is 5.82 Å². The minimum atomic E-state index is -0.339. The van der Waals surface area contributed by atoms with Crippen LogP contribution in [0.1, 0.15) is 19.8 Å².